The van der Waals surface area contributed by atoms with Gasteiger partial charge < -0.3 is 10.0 Å². The second-order valence-electron chi connectivity index (χ2n) is 4.96. The Bertz CT molecular complexity index is 568. The maximum Gasteiger partial charge on any atom is 0.355 e. The minimum atomic E-state index is -0.961. The molecule has 0 saturated heterocycles. The molecule has 2 aromatic rings. The number of hydrogen-bond donors (Lipinski definition) is 1. The van der Waals surface area contributed by atoms with Crippen LogP contribution in [0, 0.1) is 0 Å². The molecule has 106 valence electrons. The molecule has 0 aliphatic heterocycles. The van der Waals surface area contributed by atoms with Gasteiger partial charge in [-0.25, -0.2) is 9.78 Å². The van der Waals surface area contributed by atoms with Gasteiger partial charge in [-0.05, 0) is 12.6 Å². The van der Waals surface area contributed by atoms with Crippen molar-refractivity contribution in [3.8, 4) is 0 Å². The Kier molecular flexibility index (Phi) is 4.87. The lowest BCUT2D eigenvalue weighted by Gasteiger charge is -2.20. The predicted octanol–water partition coefficient (Wildman–Crippen LogP) is 3.08. The Balaban J connectivity index is 1.93. The monoisotopic (exact) mass is 290 g/mol. The van der Waals surface area contributed by atoms with E-state index in [9.17, 15) is 4.79 Å². The zero-order valence-electron chi connectivity index (χ0n) is 11.6. The number of nitrogens with zero attached hydrogens (tertiary/aromatic N) is 2. The highest BCUT2D eigenvalue weighted by atomic mass is 32.1. The summed E-state index contributed by atoms with van der Waals surface area (Å²) in [6.45, 7) is 3.80. The molecule has 0 aliphatic carbocycles. The molecule has 1 heterocycles. The standard InChI is InChI=1S/C15H18N2O2S/c1-11(14-16-13(10-20-14)15(18)19)8-17(2)9-12-6-4-3-5-7-12/h3-7,10-11H,8-9H2,1-2H3,(H,18,19). The number of carbonyl (C=O) groups is 1. The van der Waals surface area contributed by atoms with Crippen molar-refractivity contribution in [3.63, 3.8) is 0 Å². The third kappa shape index (κ3) is 3.88. The van der Waals surface area contributed by atoms with Gasteiger partial charge in [-0.15, -0.1) is 11.3 Å². The summed E-state index contributed by atoms with van der Waals surface area (Å²) in [5, 5.41) is 11.4. The van der Waals surface area contributed by atoms with Crippen LogP contribution < -0.4 is 0 Å². The molecule has 20 heavy (non-hydrogen) atoms. The first kappa shape index (κ1) is 14.7. The molecule has 1 aromatic heterocycles. The molecular formula is C15H18N2O2S. The number of thiazole rings is 1. The summed E-state index contributed by atoms with van der Waals surface area (Å²) >= 11 is 1.42. The lowest BCUT2D eigenvalue weighted by atomic mass is 10.1. The molecule has 2 rings (SSSR count). The van der Waals surface area contributed by atoms with Gasteiger partial charge in [0.05, 0.1) is 5.01 Å². The molecular weight excluding hydrogens is 272 g/mol. The smallest absolute Gasteiger partial charge is 0.355 e. The predicted molar refractivity (Wildman–Crippen MR) is 80.3 cm³/mol. The molecule has 0 aliphatic rings. The number of aromatic nitrogens is 1. The average Bonchev–Trinajstić information content (AvgIpc) is 2.89. The van der Waals surface area contributed by atoms with Gasteiger partial charge in [-0.2, -0.15) is 0 Å². The van der Waals surface area contributed by atoms with Crippen molar-refractivity contribution in [2.45, 2.75) is 19.4 Å². The Morgan fingerprint density at radius 3 is 2.70 bits per heavy atom. The van der Waals surface area contributed by atoms with E-state index in [2.05, 4.69) is 36.0 Å². The molecule has 1 N–H and O–H groups in total. The first-order valence-corrected chi connectivity index (χ1v) is 7.35. The van der Waals surface area contributed by atoms with E-state index in [0.717, 1.165) is 18.1 Å². The van der Waals surface area contributed by atoms with Gasteiger partial charge in [-0.1, -0.05) is 37.3 Å². The van der Waals surface area contributed by atoms with Gasteiger partial charge in [-0.3, -0.25) is 0 Å². The number of benzene rings is 1. The first-order chi connectivity index (χ1) is 9.56. The fourth-order valence-electron chi connectivity index (χ4n) is 2.12. The fourth-order valence-corrected chi connectivity index (χ4v) is 2.96. The summed E-state index contributed by atoms with van der Waals surface area (Å²) in [6, 6.07) is 10.3. The van der Waals surface area contributed by atoms with Crippen molar-refractivity contribution in [1.29, 1.82) is 0 Å². The van der Waals surface area contributed by atoms with Crippen LogP contribution in [0.4, 0.5) is 0 Å². The van der Waals surface area contributed by atoms with Gasteiger partial charge in [0.1, 0.15) is 0 Å². The molecule has 0 bridgehead atoms. The van der Waals surface area contributed by atoms with Gasteiger partial charge >= 0.3 is 5.97 Å². The van der Waals surface area contributed by atoms with Crippen LogP contribution in [-0.2, 0) is 6.54 Å². The van der Waals surface area contributed by atoms with E-state index < -0.39 is 5.97 Å². The van der Waals surface area contributed by atoms with Crippen molar-refractivity contribution in [2.24, 2.45) is 0 Å². The highest BCUT2D eigenvalue weighted by molar-refractivity contribution is 7.09. The number of hydrogen-bond acceptors (Lipinski definition) is 4. The second kappa shape index (κ2) is 6.63. The van der Waals surface area contributed by atoms with Crippen molar-refractivity contribution in [2.75, 3.05) is 13.6 Å². The van der Waals surface area contributed by atoms with Gasteiger partial charge in [0, 0.05) is 24.4 Å². The van der Waals surface area contributed by atoms with Crippen LogP contribution in [-0.4, -0.2) is 34.6 Å². The van der Waals surface area contributed by atoms with Crippen LogP contribution >= 0.6 is 11.3 Å². The van der Waals surface area contributed by atoms with E-state index in [1.54, 1.807) is 5.38 Å². The zero-order valence-corrected chi connectivity index (χ0v) is 12.4. The van der Waals surface area contributed by atoms with E-state index in [1.807, 2.05) is 18.2 Å². The number of carboxylic acids is 1. The minimum absolute atomic E-state index is 0.141. The molecule has 1 atom stereocenters. The average molecular weight is 290 g/mol. The maximum atomic E-state index is 10.8. The SMILES string of the molecule is CC(CN(C)Cc1ccccc1)c1nc(C(=O)O)cs1. The molecule has 0 radical (unpaired) electrons. The third-order valence-electron chi connectivity index (χ3n) is 3.04. The molecule has 1 unspecified atom stereocenters. The third-order valence-corrected chi connectivity index (χ3v) is 4.12. The summed E-state index contributed by atoms with van der Waals surface area (Å²) in [4.78, 5) is 17.2. The van der Waals surface area contributed by atoms with Gasteiger partial charge in [0.25, 0.3) is 0 Å². The second-order valence-corrected chi connectivity index (χ2v) is 5.85. The van der Waals surface area contributed by atoms with Crippen LogP contribution in [0.25, 0.3) is 0 Å². The van der Waals surface area contributed by atoms with Crippen molar-refractivity contribution < 1.29 is 9.90 Å². The van der Waals surface area contributed by atoms with E-state index in [-0.39, 0.29) is 11.6 Å². The number of likely N-dealkylation sites (N-methyl/N-ethyl adjacent to an activating group) is 1. The zero-order chi connectivity index (χ0) is 14.5. The summed E-state index contributed by atoms with van der Waals surface area (Å²) in [5.74, 6) is -0.737. The van der Waals surface area contributed by atoms with E-state index in [1.165, 1.54) is 16.9 Å². The largest absolute Gasteiger partial charge is 0.476 e. The summed E-state index contributed by atoms with van der Waals surface area (Å²) in [6.07, 6.45) is 0. The molecule has 4 nitrogen and oxygen atoms in total. The first-order valence-electron chi connectivity index (χ1n) is 6.47. The maximum absolute atomic E-state index is 10.8. The van der Waals surface area contributed by atoms with Gasteiger partial charge in [0.15, 0.2) is 5.69 Å². The van der Waals surface area contributed by atoms with E-state index in [4.69, 9.17) is 5.11 Å². The molecule has 0 amide bonds. The molecule has 5 heteroatoms. The molecule has 0 spiro atoms. The van der Waals surface area contributed by atoms with Crippen LogP contribution in [0.5, 0.6) is 0 Å². The van der Waals surface area contributed by atoms with Crippen LogP contribution in [0.2, 0.25) is 0 Å². The van der Waals surface area contributed by atoms with Crippen LogP contribution in [0.1, 0.15) is 33.9 Å². The number of carboxylic acid groups (broad SMARTS) is 1. The summed E-state index contributed by atoms with van der Waals surface area (Å²) in [7, 11) is 2.06. The Morgan fingerprint density at radius 2 is 2.10 bits per heavy atom. The normalized spacial score (nSPS) is 12.6. The Labute approximate surface area is 122 Å². The fraction of sp³-hybridized carbons (Fsp3) is 0.333. The lowest BCUT2D eigenvalue weighted by Crippen LogP contribution is -2.23. The van der Waals surface area contributed by atoms with Crippen molar-refractivity contribution in [1.82, 2.24) is 9.88 Å². The lowest BCUT2D eigenvalue weighted by molar-refractivity contribution is 0.0691. The number of rotatable bonds is 6. The van der Waals surface area contributed by atoms with Crippen molar-refractivity contribution in [3.05, 3.63) is 52.0 Å². The molecule has 0 fully saturated rings. The van der Waals surface area contributed by atoms with E-state index in [0.29, 0.717) is 0 Å². The van der Waals surface area contributed by atoms with Crippen LogP contribution in [0.15, 0.2) is 35.7 Å². The molecule has 0 saturated carbocycles. The van der Waals surface area contributed by atoms with Gasteiger partial charge in [0.2, 0.25) is 0 Å². The van der Waals surface area contributed by atoms with Crippen molar-refractivity contribution >= 4 is 17.3 Å². The van der Waals surface area contributed by atoms with Crippen LogP contribution in [0.3, 0.4) is 0 Å². The highest BCUT2D eigenvalue weighted by Crippen LogP contribution is 2.21. The Morgan fingerprint density at radius 1 is 1.40 bits per heavy atom. The van der Waals surface area contributed by atoms with E-state index >= 15 is 0 Å². The minimum Gasteiger partial charge on any atom is -0.476 e. The number of aromatic carboxylic acids is 1. The molecule has 1 aromatic carbocycles. The Hall–Kier alpha value is -1.72. The summed E-state index contributed by atoms with van der Waals surface area (Å²) in [5.41, 5.74) is 1.41. The summed E-state index contributed by atoms with van der Waals surface area (Å²) < 4.78 is 0. The quantitative estimate of drug-likeness (QED) is 0.888. The highest BCUT2D eigenvalue weighted by Gasteiger charge is 2.15. The topological polar surface area (TPSA) is 53.4 Å².